The van der Waals surface area contributed by atoms with Gasteiger partial charge in [-0.25, -0.2) is 4.99 Å². The lowest BCUT2D eigenvalue weighted by atomic mass is 9.97. The molecule has 1 aromatic rings. The van der Waals surface area contributed by atoms with Crippen molar-refractivity contribution < 1.29 is 4.74 Å². The van der Waals surface area contributed by atoms with Gasteiger partial charge in [0.05, 0.1) is 7.11 Å². The van der Waals surface area contributed by atoms with Crippen molar-refractivity contribution >= 4 is 11.7 Å². The van der Waals surface area contributed by atoms with Gasteiger partial charge in [0, 0.05) is 17.2 Å². The van der Waals surface area contributed by atoms with Crippen LogP contribution >= 0.6 is 0 Å². The number of ether oxygens (including phenoxy) is 1. The molecular formula is C15H20N4O. The Bertz CT molecular complexity index is 604. The molecule has 0 radical (unpaired) electrons. The Kier molecular flexibility index (Phi) is 2.94. The van der Waals surface area contributed by atoms with Crippen molar-refractivity contribution in [3.63, 3.8) is 0 Å². The first kappa shape index (κ1) is 13.0. The number of methoxy groups -OCH3 is 1. The summed E-state index contributed by atoms with van der Waals surface area (Å²) < 4.78 is 5.23. The van der Waals surface area contributed by atoms with E-state index < -0.39 is 5.66 Å². The predicted molar refractivity (Wildman–Crippen MR) is 80.1 cm³/mol. The molecule has 5 nitrogen and oxygen atoms in total. The Morgan fingerprint density at radius 2 is 2.15 bits per heavy atom. The molecule has 1 aliphatic carbocycles. The number of nitrogens with two attached hydrogens (primary N) is 2. The standard InChI is InChI=1S/C15H20N4O/c1-9-7-11(20-2)5-6-12(9)13-8-15(17,10-3-4-10)19-14(16)18-13/h5-8,10H,3-4,17H2,1-2H3,(H3,16,18,19). The molecule has 1 aromatic carbocycles. The number of benzene rings is 1. The van der Waals surface area contributed by atoms with Crippen LogP contribution in [-0.4, -0.2) is 18.7 Å². The molecule has 3 rings (SSSR count). The molecule has 0 amide bonds. The van der Waals surface area contributed by atoms with Gasteiger partial charge in [-0.3, -0.25) is 0 Å². The first-order valence-electron chi connectivity index (χ1n) is 6.81. The van der Waals surface area contributed by atoms with E-state index in [-0.39, 0.29) is 0 Å². The lowest BCUT2D eigenvalue weighted by Gasteiger charge is -2.29. The van der Waals surface area contributed by atoms with Crippen molar-refractivity contribution in [1.82, 2.24) is 5.32 Å². The van der Waals surface area contributed by atoms with Crippen LogP contribution in [0.1, 0.15) is 24.0 Å². The smallest absolute Gasteiger partial charge is 0.195 e. The first-order chi connectivity index (χ1) is 9.51. The summed E-state index contributed by atoms with van der Waals surface area (Å²) >= 11 is 0. The van der Waals surface area contributed by atoms with E-state index in [0.717, 1.165) is 35.4 Å². The molecule has 106 valence electrons. The van der Waals surface area contributed by atoms with Gasteiger partial charge in [0.1, 0.15) is 11.4 Å². The number of nitrogens with one attached hydrogen (secondary N) is 1. The van der Waals surface area contributed by atoms with Gasteiger partial charge in [0.2, 0.25) is 0 Å². The maximum Gasteiger partial charge on any atom is 0.195 e. The summed E-state index contributed by atoms with van der Waals surface area (Å²) in [4.78, 5) is 4.38. The third kappa shape index (κ3) is 2.25. The van der Waals surface area contributed by atoms with E-state index in [0.29, 0.717) is 11.9 Å². The van der Waals surface area contributed by atoms with Gasteiger partial charge in [-0.15, -0.1) is 0 Å². The zero-order valence-electron chi connectivity index (χ0n) is 11.8. The highest BCUT2D eigenvalue weighted by Gasteiger charge is 2.42. The van der Waals surface area contributed by atoms with Crippen LogP contribution in [0, 0.1) is 12.8 Å². The second kappa shape index (κ2) is 4.52. The van der Waals surface area contributed by atoms with Gasteiger partial charge in [-0.05, 0) is 49.6 Å². The molecule has 2 aliphatic rings. The van der Waals surface area contributed by atoms with Crippen LogP contribution in [0.5, 0.6) is 5.75 Å². The number of hydrogen-bond acceptors (Lipinski definition) is 5. The van der Waals surface area contributed by atoms with Crippen LogP contribution in [0.3, 0.4) is 0 Å². The monoisotopic (exact) mass is 272 g/mol. The fourth-order valence-electron chi connectivity index (χ4n) is 2.64. The molecule has 1 unspecified atom stereocenters. The molecule has 20 heavy (non-hydrogen) atoms. The van der Waals surface area contributed by atoms with Crippen molar-refractivity contribution in [3.8, 4) is 5.75 Å². The molecule has 0 bridgehead atoms. The fourth-order valence-corrected chi connectivity index (χ4v) is 2.64. The minimum Gasteiger partial charge on any atom is -0.497 e. The lowest BCUT2D eigenvalue weighted by Crippen LogP contribution is -2.47. The lowest BCUT2D eigenvalue weighted by molar-refractivity contribution is 0.414. The van der Waals surface area contributed by atoms with Crippen LogP contribution in [0.2, 0.25) is 0 Å². The van der Waals surface area contributed by atoms with Crippen LogP contribution < -0.4 is 21.5 Å². The normalized spacial score (nSPS) is 25.6. The summed E-state index contributed by atoms with van der Waals surface area (Å²) in [5, 5.41) is 3.12. The topological polar surface area (TPSA) is 85.7 Å². The maximum absolute atomic E-state index is 6.38. The number of rotatable bonds is 3. The predicted octanol–water partition coefficient (Wildman–Crippen LogP) is 1.33. The summed E-state index contributed by atoms with van der Waals surface area (Å²) in [6, 6.07) is 5.94. The molecule has 0 saturated heterocycles. The van der Waals surface area contributed by atoms with Gasteiger partial charge in [-0.1, -0.05) is 0 Å². The Morgan fingerprint density at radius 1 is 1.40 bits per heavy atom. The molecule has 1 fully saturated rings. The van der Waals surface area contributed by atoms with E-state index in [1.54, 1.807) is 7.11 Å². The molecule has 1 saturated carbocycles. The molecular weight excluding hydrogens is 252 g/mol. The van der Waals surface area contributed by atoms with Crippen molar-refractivity contribution in [2.24, 2.45) is 22.4 Å². The number of aliphatic imine (C=N–C) groups is 1. The highest BCUT2D eigenvalue weighted by molar-refractivity contribution is 5.91. The second-order valence-electron chi connectivity index (χ2n) is 5.52. The average molecular weight is 272 g/mol. The highest BCUT2D eigenvalue weighted by Crippen LogP contribution is 2.42. The average Bonchev–Trinajstić information content (AvgIpc) is 3.22. The molecule has 0 aromatic heterocycles. The summed E-state index contributed by atoms with van der Waals surface area (Å²) in [6.07, 6.45) is 4.22. The van der Waals surface area contributed by atoms with E-state index in [1.165, 1.54) is 0 Å². The molecule has 1 atom stereocenters. The summed E-state index contributed by atoms with van der Waals surface area (Å²) in [5.74, 6) is 1.62. The number of hydrogen-bond donors (Lipinski definition) is 3. The Labute approximate surface area is 118 Å². The van der Waals surface area contributed by atoms with E-state index in [1.807, 2.05) is 31.2 Å². The van der Waals surface area contributed by atoms with Gasteiger partial charge in [0.15, 0.2) is 5.96 Å². The number of guanidine groups is 1. The minimum atomic E-state index is -0.670. The second-order valence-corrected chi connectivity index (χ2v) is 5.52. The van der Waals surface area contributed by atoms with Crippen molar-refractivity contribution in [2.45, 2.75) is 25.4 Å². The van der Waals surface area contributed by atoms with E-state index in [2.05, 4.69) is 10.3 Å². The van der Waals surface area contributed by atoms with E-state index >= 15 is 0 Å². The maximum atomic E-state index is 6.38. The molecule has 5 heteroatoms. The van der Waals surface area contributed by atoms with Crippen molar-refractivity contribution in [2.75, 3.05) is 7.11 Å². The quantitative estimate of drug-likeness (QED) is 0.775. The zero-order valence-corrected chi connectivity index (χ0v) is 11.8. The molecule has 5 N–H and O–H groups in total. The Hall–Kier alpha value is -2.01. The largest absolute Gasteiger partial charge is 0.497 e. The summed E-state index contributed by atoms with van der Waals surface area (Å²) in [5.41, 5.74) is 14.7. The van der Waals surface area contributed by atoms with Gasteiger partial charge >= 0.3 is 0 Å². The summed E-state index contributed by atoms with van der Waals surface area (Å²) in [7, 11) is 1.66. The molecule has 0 spiro atoms. The van der Waals surface area contributed by atoms with E-state index in [4.69, 9.17) is 16.2 Å². The van der Waals surface area contributed by atoms with Crippen molar-refractivity contribution in [3.05, 3.63) is 35.4 Å². The first-order valence-corrected chi connectivity index (χ1v) is 6.81. The van der Waals surface area contributed by atoms with Crippen LogP contribution in [0.15, 0.2) is 29.3 Å². The van der Waals surface area contributed by atoms with Crippen LogP contribution in [-0.2, 0) is 0 Å². The SMILES string of the molecule is COc1ccc(C2=CC(N)(C3CC3)N=C(N)N2)c(C)c1. The highest BCUT2D eigenvalue weighted by atomic mass is 16.5. The van der Waals surface area contributed by atoms with Gasteiger partial charge in [0.25, 0.3) is 0 Å². The van der Waals surface area contributed by atoms with Crippen LogP contribution in [0.4, 0.5) is 0 Å². The third-order valence-corrected chi connectivity index (χ3v) is 3.91. The molecule has 1 heterocycles. The fraction of sp³-hybridized carbons (Fsp3) is 0.400. The van der Waals surface area contributed by atoms with Crippen LogP contribution in [0.25, 0.3) is 5.70 Å². The zero-order chi connectivity index (χ0) is 14.3. The Morgan fingerprint density at radius 3 is 2.75 bits per heavy atom. The minimum absolute atomic E-state index is 0.382. The molecule has 1 aliphatic heterocycles. The Balaban J connectivity index is 1.99. The number of nitrogens with zero attached hydrogens (tertiary/aromatic N) is 1. The number of aryl methyl sites for hydroxylation is 1. The summed E-state index contributed by atoms with van der Waals surface area (Å²) in [6.45, 7) is 2.04. The van der Waals surface area contributed by atoms with Crippen molar-refractivity contribution in [1.29, 1.82) is 0 Å². The van der Waals surface area contributed by atoms with Gasteiger partial charge < -0.3 is 21.5 Å². The van der Waals surface area contributed by atoms with E-state index in [9.17, 15) is 0 Å². The third-order valence-electron chi connectivity index (χ3n) is 3.91. The van der Waals surface area contributed by atoms with Gasteiger partial charge in [-0.2, -0.15) is 0 Å².